The Morgan fingerprint density at radius 2 is 2.25 bits per heavy atom. The highest BCUT2D eigenvalue weighted by atomic mass is 16.5. The highest BCUT2D eigenvalue weighted by molar-refractivity contribution is 5.84. The topological polar surface area (TPSA) is 26.3 Å². The summed E-state index contributed by atoms with van der Waals surface area (Å²) in [5.74, 6) is 2.01. The summed E-state index contributed by atoms with van der Waals surface area (Å²) < 4.78 is 5.46. The van der Waals surface area contributed by atoms with E-state index >= 15 is 0 Å². The van der Waals surface area contributed by atoms with Crippen LogP contribution in [0.4, 0.5) is 0 Å². The summed E-state index contributed by atoms with van der Waals surface area (Å²) in [5, 5.41) is 0. The molecular formula is C14H18O2. The van der Waals surface area contributed by atoms with Crippen molar-refractivity contribution in [2.24, 2.45) is 5.92 Å². The van der Waals surface area contributed by atoms with Gasteiger partial charge in [-0.3, -0.25) is 4.79 Å². The van der Waals surface area contributed by atoms with Crippen LogP contribution in [0.25, 0.3) is 0 Å². The molecule has 1 aliphatic rings. The molecule has 1 fully saturated rings. The summed E-state index contributed by atoms with van der Waals surface area (Å²) in [5.41, 5.74) is 1.25. The summed E-state index contributed by atoms with van der Waals surface area (Å²) in [6, 6.07) is 8.13. The molecule has 0 heterocycles. The Bertz CT molecular complexity index is 384. The van der Waals surface area contributed by atoms with Gasteiger partial charge in [-0.15, -0.1) is 0 Å². The highest BCUT2D eigenvalue weighted by Gasteiger charge is 2.42. The second-order valence-electron chi connectivity index (χ2n) is 4.27. The van der Waals surface area contributed by atoms with Crippen molar-refractivity contribution in [1.82, 2.24) is 0 Å². The predicted molar refractivity (Wildman–Crippen MR) is 63.8 cm³/mol. The maximum absolute atomic E-state index is 11.5. The third kappa shape index (κ3) is 2.26. The van der Waals surface area contributed by atoms with Crippen LogP contribution < -0.4 is 4.74 Å². The van der Waals surface area contributed by atoms with Crippen molar-refractivity contribution in [3.05, 3.63) is 29.8 Å². The lowest BCUT2D eigenvalue weighted by atomic mass is 10.1. The van der Waals surface area contributed by atoms with Crippen molar-refractivity contribution in [3.8, 4) is 5.75 Å². The fourth-order valence-electron chi connectivity index (χ4n) is 2.18. The van der Waals surface area contributed by atoms with Gasteiger partial charge in [0.15, 0.2) is 0 Å². The molecule has 1 aromatic carbocycles. The molecule has 16 heavy (non-hydrogen) atoms. The first-order valence-corrected chi connectivity index (χ1v) is 6.01. The third-order valence-electron chi connectivity index (χ3n) is 3.15. The van der Waals surface area contributed by atoms with Crippen LogP contribution in [0.1, 0.15) is 38.2 Å². The van der Waals surface area contributed by atoms with Gasteiger partial charge in [-0.2, -0.15) is 0 Å². The molecule has 0 bridgehead atoms. The second-order valence-corrected chi connectivity index (χ2v) is 4.27. The number of Topliss-reactive ketones (excluding diaryl/α,β-unsaturated/α-hetero) is 1. The van der Waals surface area contributed by atoms with E-state index in [-0.39, 0.29) is 5.92 Å². The third-order valence-corrected chi connectivity index (χ3v) is 3.15. The predicted octanol–water partition coefficient (Wildman–Crippen LogP) is 3.17. The number of benzene rings is 1. The Morgan fingerprint density at radius 3 is 2.94 bits per heavy atom. The molecule has 1 saturated carbocycles. The van der Waals surface area contributed by atoms with Crippen LogP contribution in [0.3, 0.4) is 0 Å². The van der Waals surface area contributed by atoms with Crippen LogP contribution in [-0.2, 0) is 4.79 Å². The first kappa shape index (κ1) is 11.2. The van der Waals surface area contributed by atoms with E-state index < -0.39 is 0 Å². The molecule has 0 spiro atoms. The van der Waals surface area contributed by atoms with Crippen LogP contribution in [0.2, 0.25) is 0 Å². The molecule has 2 unspecified atom stereocenters. The number of rotatable bonds is 5. The Labute approximate surface area is 96.6 Å². The molecule has 0 N–H and O–H groups in total. The van der Waals surface area contributed by atoms with E-state index in [1.807, 2.05) is 26.0 Å². The molecule has 1 aliphatic carbocycles. The van der Waals surface area contributed by atoms with Gasteiger partial charge in [-0.25, -0.2) is 0 Å². The summed E-state index contributed by atoms with van der Waals surface area (Å²) in [7, 11) is 0. The number of hydrogen-bond donors (Lipinski definition) is 0. The van der Waals surface area contributed by atoms with Crippen molar-refractivity contribution < 1.29 is 9.53 Å². The quantitative estimate of drug-likeness (QED) is 0.758. The zero-order chi connectivity index (χ0) is 11.5. The van der Waals surface area contributed by atoms with Gasteiger partial charge in [0, 0.05) is 12.3 Å². The van der Waals surface area contributed by atoms with Crippen molar-refractivity contribution >= 4 is 5.78 Å². The monoisotopic (exact) mass is 218 g/mol. The Morgan fingerprint density at radius 1 is 1.44 bits per heavy atom. The van der Waals surface area contributed by atoms with Gasteiger partial charge in [0.1, 0.15) is 11.5 Å². The van der Waals surface area contributed by atoms with E-state index in [2.05, 4.69) is 12.1 Å². The number of carbonyl (C=O) groups is 1. The minimum Gasteiger partial charge on any atom is -0.494 e. The van der Waals surface area contributed by atoms with Crippen LogP contribution >= 0.6 is 0 Å². The second kappa shape index (κ2) is 4.69. The van der Waals surface area contributed by atoms with Gasteiger partial charge in [-0.1, -0.05) is 19.1 Å². The van der Waals surface area contributed by atoms with Gasteiger partial charge >= 0.3 is 0 Å². The molecule has 0 radical (unpaired) electrons. The lowest BCUT2D eigenvalue weighted by Crippen LogP contribution is -1.99. The van der Waals surface area contributed by atoms with E-state index in [9.17, 15) is 4.79 Å². The number of ketones is 1. The average Bonchev–Trinajstić information content (AvgIpc) is 3.09. The van der Waals surface area contributed by atoms with Gasteiger partial charge in [-0.05, 0) is 37.0 Å². The maximum atomic E-state index is 11.5. The molecular weight excluding hydrogens is 200 g/mol. The standard InChI is InChI=1S/C14H18O2/c1-3-14(15)13-9-12(13)10-6-5-7-11(8-10)16-4-2/h5-8,12-13H,3-4,9H2,1-2H3. The van der Waals surface area contributed by atoms with Crippen molar-refractivity contribution in [3.63, 3.8) is 0 Å². The fourth-order valence-corrected chi connectivity index (χ4v) is 2.18. The number of carbonyl (C=O) groups excluding carboxylic acids is 1. The molecule has 0 aromatic heterocycles. The smallest absolute Gasteiger partial charge is 0.136 e. The lowest BCUT2D eigenvalue weighted by Gasteiger charge is -2.05. The highest BCUT2D eigenvalue weighted by Crippen LogP contribution is 2.48. The normalized spacial score (nSPS) is 22.9. The van der Waals surface area contributed by atoms with Crippen molar-refractivity contribution in [1.29, 1.82) is 0 Å². The molecule has 2 rings (SSSR count). The summed E-state index contributed by atoms with van der Waals surface area (Å²) in [6.07, 6.45) is 1.68. The van der Waals surface area contributed by atoms with Crippen LogP contribution in [0.15, 0.2) is 24.3 Å². The summed E-state index contributed by atoms with van der Waals surface area (Å²) in [6.45, 7) is 4.60. The lowest BCUT2D eigenvalue weighted by molar-refractivity contribution is -0.120. The Balaban J connectivity index is 2.06. The Kier molecular flexibility index (Phi) is 3.28. The molecule has 0 saturated heterocycles. The zero-order valence-corrected chi connectivity index (χ0v) is 9.90. The summed E-state index contributed by atoms with van der Waals surface area (Å²) >= 11 is 0. The van der Waals surface area contributed by atoms with Crippen molar-refractivity contribution in [2.45, 2.75) is 32.6 Å². The van der Waals surface area contributed by atoms with Gasteiger partial charge in [0.25, 0.3) is 0 Å². The van der Waals surface area contributed by atoms with E-state index in [0.29, 0.717) is 24.7 Å². The molecule has 2 heteroatoms. The first-order valence-electron chi connectivity index (χ1n) is 6.01. The maximum Gasteiger partial charge on any atom is 0.136 e. The van der Waals surface area contributed by atoms with E-state index in [0.717, 1.165) is 12.2 Å². The molecule has 2 atom stereocenters. The molecule has 86 valence electrons. The van der Waals surface area contributed by atoms with Crippen molar-refractivity contribution in [2.75, 3.05) is 6.61 Å². The minimum atomic E-state index is 0.266. The molecule has 1 aromatic rings. The van der Waals surface area contributed by atoms with E-state index in [4.69, 9.17) is 4.74 Å². The first-order chi connectivity index (χ1) is 7.76. The SMILES string of the molecule is CCOc1cccc(C2CC2C(=O)CC)c1. The van der Waals surface area contributed by atoms with E-state index in [1.165, 1.54) is 5.56 Å². The largest absolute Gasteiger partial charge is 0.494 e. The fraction of sp³-hybridized carbons (Fsp3) is 0.500. The van der Waals surface area contributed by atoms with E-state index in [1.54, 1.807) is 0 Å². The average molecular weight is 218 g/mol. The molecule has 0 aliphatic heterocycles. The zero-order valence-electron chi connectivity index (χ0n) is 9.90. The number of ether oxygens (including phenoxy) is 1. The van der Waals surface area contributed by atoms with Gasteiger partial charge < -0.3 is 4.74 Å². The van der Waals surface area contributed by atoms with Crippen LogP contribution in [0, 0.1) is 5.92 Å². The molecule has 0 amide bonds. The Hall–Kier alpha value is -1.31. The molecule has 2 nitrogen and oxygen atoms in total. The van der Waals surface area contributed by atoms with Gasteiger partial charge in [0.05, 0.1) is 6.61 Å². The minimum absolute atomic E-state index is 0.266. The van der Waals surface area contributed by atoms with Gasteiger partial charge in [0.2, 0.25) is 0 Å². The van der Waals surface area contributed by atoms with Crippen LogP contribution in [-0.4, -0.2) is 12.4 Å². The van der Waals surface area contributed by atoms with Crippen LogP contribution in [0.5, 0.6) is 5.75 Å². The summed E-state index contributed by atoms with van der Waals surface area (Å²) in [4.78, 5) is 11.5. The number of hydrogen-bond acceptors (Lipinski definition) is 2.